The number of aromatic hydroxyl groups is 1. The highest BCUT2D eigenvalue weighted by atomic mass is 16.3. The first-order chi connectivity index (χ1) is 7.83. The Labute approximate surface area is 90.3 Å². The minimum absolute atomic E-state index is 0.271. The summed E-state index contributed by atoms with van der Waals surface area (Å²) in [4.78, 5) is 3.19. The second-order valence-electron chi connectivity index (χ2n) is 3.54. The van der Waals surface area contributed by atoms with E-state index in [2.05, 4.69) is 25.6 Å². The zero-order valence-corrected chi connectivity index (χ0v) is 8.31. The number of nitrogens with zero attached hydrogens (tertiary/aromatic N) is 3. The molecule has 2 aromatic heterocycles. The van der Waals surface area contributed by atoms with Crippen LogP contribution in [0.5, 0.6) is 5.75 Å². The van der Waals surface area contributed by atoms with Crippen molar-refractivity contribution in [3.05, 3.63) is 35.8 Å². The summed E-state index contributed by atoms with van der Waals surface area (Å²) < 4.78 is 0. The largest absolute Gasteiger partial charge is 0.507 e. The molecule has 0 aliphatic heterocycles. The van der Waals surface area contributed by atoms with Gasteiger partial charge < -0.3 is 10.1 Å². The Morgan fingerprint density at radius 1 is 1.31 bits per heavy atom. The van der Waals surface area contributed by atoms with Gasteiger partial charge in [-0.25, -0.2) is 0 Å². The minimum atomic E-state index is 0.271. The Bertz CT molecular complexity index is 613. The van der Waals surface area contributed by atoms with Gasteiger partial charge in [-0.3, -0.25) is 0 Å². The maximum atomic E-state index is 9.64. The lowest BCUT2D eigenvalue weighted by molar-refractivity contribution is 0.481. The molecule has 0 unspecified atom stereocenters. The van der Waals surface area contributed by atoms with E-state index >= 15 is 0 Å². The lowest BCUT2D eigenvalue weighted by atomic mass is 10.2. The summed E-state index contributed by atoms with van der Waals surface area (Å²) >= 11 is 0. The average molecular weight is 215 g/mol. The van der Waals surface area contributed by atoms with Gasteiger partial charge >= 0.3 is 0 Å². The first kappa shape index (κ1) is 8.90. The number of phenolic OH excluding ortho intramolecular Hbond substituents is 1. The molecular weight excluding hydrogens is 206 g/mol. The maximum absolute atomic E-state index is 9.64. The monoisotopic (exact) mass is 215 g/mol. The van der Waals surface area contributed by atoms with Crippen LogP contribution in [-0.4, -0.2) is 30.7 Å². The molecule has 0 spiro atoms. The van der Waals surface area contributed by atoms with Gasteiger partial charge in [0.2, 0.25) is 0 Å². The summed E-state index contributed by atoms with van der Waals surface area (Å²) in [5.41, 5.74) is 1.84. The number of aromatic nitrogens is 5. The Hall–Kier alpha value is -2.37. The molecule has 0 saturated heterocycles. The number of aromatic amines is 2. The number of hydrogen-bond acceptors (Lipinski definition) is 4. The van der Waals surface area contributed by atoms with Crippen molar-refractivity contribution in [2.75, 3.05) is 0 Å². The van der Waals surface area contributed by atoms with E-state index in [9.17, 15) is 5.11 Å². The van der Waals surface area contributed by atoms with E-state index in [1.807, 2.05) is 12.1 Å². The number of H-pyrrole nitrogens is 2. The van der Waals surface area contributed by atoms with E-state index in [0.29, 0.717) is 12.2 Å². The smallest absolute Gasteiger partial charge is 0.180 e. The van der Waals surface area contributed by atoms with Gasteiger partial charge in [-0.1, -0.05) is 11.3 Å². The van der Waals surface area contributed by atoms with Gasteiger partial charge in [-0.05, 0) is 18.2 Å². The average Bonchev–Trinajstić information content (AvgIpc) is 2.88. The normalized spacial score (nSPS) is 11.0. The Morgan fingerprint density at radius 2 is 2.25 bits per heavy atom. The molecule has 0 atom stereocenters. The van der Waals surface area contributed by atoms with Crippen molar-refractivity contribution >= 4 is 10.9 Å². The van der Waals surface area contributed by atoms with E-state index in [1.165, 1.54) is 0 Å². The molecule has 3 N–H and O–H groups in total. The van der Waals surface area contributed by atoms with Crippen LogP contribution in [0.1, 0.15) is 11.5 Å². The van der Waals surface area contributed by atoms with E-state index in [-0.39, 0.29) is 5.75 Å². The summed E-state index contributed by atoms with van der Waals surface area (Å²) in [6, 6.07) is 7.26. The fourth-order valence-corrected chi connectivity index (χ4v) is 1.72. The van der Waals surface area contributed by atoms with Crippen LogP contribution < -0.4 is 0 Å². The van der Waals surface area contributed by atoms with Crippen molar-refractivity contribution in [2.24, 2.45) is 0 Å². The van der Waals surface area contributed by atoms with Crippen LogP contribution in [0.15, 0.2) is 24.3 Å². The van der Waals surface area contributed by atoms with Gasteiger partial charge in [0.15, 0.2) is 5.82 Å². The van der Waals surface area contributed by atoms with Crippen LogP contribution in [0.3, 0.4) is 0 Å². The van der Waals surface area contributed by atoms with Crippen molar-refractivity contribution in [1.82, 2.24) is 25.6 Å². The molecule has 0 aliphatic rings. The highest BCUT2D eigenvalue weighted by Gasteiger charge is 2.06. The van der Waals surface area contributed by atoms with Gasteiger partial charge in [0.1, 0.15) is 5.75 Å². The molecule has 16 heavy (non-hydrogen) atoms. The van der Waals surface area contributed by atoms with Crippen molar-refractivity contribution in [3.63, 3.8) is 0 Å². The number of benzene rings is 1. The van der Waals surface area contributed by atoms with Crippen LogP contribution in [0.4, 0.5) is 0 Å². The number of nitrogens with one attached hydrogen (secondary N) is 2. The highest BCUT2D eigenvalue weighted by molar-refractivity contribution is 5.86. The minimum Gasteiger partial charge on any atom is -0.507 e. The summed E-state index contributed by atoms with van der Waals surface area (Å²) in [5, 5.41) is 24.1. The van der Waals surface area contributed by atoms with Crippen LogP contribution in [0.25, 0.3) is 10.9 Å². The number of rotatable bonds is 2. The van der Waals surface area contributed by atoms with Crippen LogP contribution in [0, 0.1) is 0 Å². The molecule has 0 fully saturated rings. The van der Waals surface area contributed by atoms with E-state index in [0.717, 1.165) is 16.6 Å². The van der Waals surface area contributed by atoms with Gasteiger partial charge in [-0.2, -0.15) is 5.21 Å². The molecule has 0 amide bonds. The van der Waals surface area contributed by atoms with Crippen molar-refractivity contribution < 1.29 is 5.11 Å². The molecule has 0 bridgehead atoms. The van der Waals surface area contributed by atoms with Gasteiger partial charge in [0, 0.05) is 16.6 Å². The molecule has 6 nitrogen and oxygen atoms in total. The molecule has 80 valence electrons. The van der Waals surface area contributed by atoms with Crippen molar-refractivity contribution in [2.45, 2.75) is 6.42 Å². The van der Waals surface area contributed by atoms with Crippen molar-refractivity contribution in [1.29, 1.82) is 0 Å². The summed E-state index contributed by atoms with van der Waals surface area (Å²) in [5.74, 6) is 0.888. The lowest BCUT2D eigenvalue weighted by Crippen LogP contribution is -1.90. The third kappa shape index (κ3) is 1.40. The van der Waals surface area contributed by atoms with Gasteiger partial charge in [-0.15, -0.1) is 10.2 Å². The second kappa shape index (κ2) is 3.34. The van der Waals surface area contributed by atoms with Crippen LogP contribution >= 0.6 is 0 Å². The number of phenols is 1. The van der Waals surface area contributed by atoms with Gasteiger partial charge in [0.05, 0.1) is 6.42 Å². The molecule has 1 aromatic carbocycles. The van der Waals surface area contributed by atoms with Gasteiger partial charge in [0.25, 0.3) is 0 Å². The standard InChI is InChI=1S/C10H9N5O/c16-9-3-1-2-8-7(9)4-6(11-8)5-10-12-14-15-13-10/h1-4,11,16H,5H2,(H,12,13,14,15). The molecule has 0 aliphatic carbocycles. The predicted molar refractivity (Wildman–Crippen MR) is 56.9 cm³/mol. The molecule has 3 rings (SSSR count). The first-order valence-electron chi connectivity index (χ1n) is 4.85. The van der Waals surface area contributed by atoms with E-state index < -0.39 is 0 Å². The molecular formula is C10H9N5O. The summed E-state index contributed by atoms with van der Waals surface area (Å²) in [6.45, 7) is 0. The highest BCUT2D eigenvalue weighted by Crippen LogP contribution is 2.25. The Balaban J connectivity index is 2.02. The maximum Gasteiger partial charge on any atom is 0.180 e. The number of tetrazole rings is 1. The first-order valence-corrected chi connectivity index (χ1v) is 4.85. The molecule has 3 aromatic rings. The topological polar surface area (TPSA) is 90.5 Å². The van der Waals surface area contributed by atoms with E-state index in [4.69, 9.17) is 0 Å². The Kier molecular flexibility index (Phi) is 1.86. The van der Waals surface area contributed by atoms with E-state index in [1.54, 1.807) is 12.1 Å². The zero-order valence-electron chi connectivity index (χ0n) is 8.31. The number of fused-ring (bicyclic) bond motifs is 1. The number of hydrogen-bond donors (Lipinski definition) is 3. The molecule has 2 heterocycles. The zero-order chi connectivity index (χ0) is 11.0. The third-order valence-electron chi connectivity index (χ3n) is 2.43. The summed E-state index contributed by atoms with van der Waals surface area (Å²) in [6.07, 6.45) is 0.560. The van der Waals surface area contributed by atoms with Crippen molar-refractivity contribution in [3.8, 4) is 5.75 Å². The van der Waals surface area contributed by atoms with Crippen LogP contribution in [-0.2, 0) is 6.42 Å². The van der Waals surface area contributed by atoms with Crippen LogP contribution in [0.2, 0.25) is 0 Å². The molecule has 0 saturated carbocycles. The molecule has 0 radical (unpaired) electrons. The Morgan fingerprint density at radius 3 is 3.00 bits per heavy atom. The SMILES string of the molecule is Oc1cccc2[nH]c(Cc3nn[nH]n3)cc12. The molecule has 6 heteroatoms. The second-order valence-corrected chi connectivity index (χ2v) is 3.54. The predicted octanol–water partition coefficient (Wildman–Crippen LogP) is 0.977. The fraction of sp³-hybridized carbons (Fsp3) is 0.100. The lowest BCUT2D eigenvalue weighted by Gasteiger charge is -1.91. The summed E-state index contributed by atoms with van der Waals surface area (Å²) in [7, 11) is 0. The fourth-order valence-electron chi connectivity index (χ4n) is 1.72. The third-order valence-corrected chi connectivity index (χ3v) is 2.43. The quantitative estimate of drug-likeness (QED) is 0.594.